The highest BCUT2D eigenvalue weighted by Gasteiger charge is 2.42. The number of hydrogen-bond donors (Lipinski definition) is 3. The third-order valence-electron chi connectivity index (χ3n) is 6.33. The summed E-state index contributed by atoms with van der Waals surface area (Å²) in [6, 6.07) is 7.32. The first kappa shape index (κ1) is 23.2. The molecule has 0 spiro atoms. The highest BCUT2D eigenvalue weighted by Crippen LogP contribution is 2.40. The lowest BCUT2D eigenvalue weighted by Crippen LogP contribution is -2.38. The summed E-state index contributed by atoms with van der Waals surface area (Å²) in [6.45, 7) is 1.82. The molecule has 3 N–H and O–H groups in total. The standard InChI is InChI=1S/C24H31ClF2N4O/c1-32-11-10-28-16-2-4-17(5-3-16)31-23-13-19(21(25)14-29-23)20-12-18(6-7-22(20)26)30-15-24(27)8-9-24/h6-7,12-14,16-17,28,30H,2-5,8-11,15H2,1H3,(H,29,31). The molecule has 0 saturated heterocycles. The van der Waals surface area contributed by atoms with Crippen molar-refractivity contribution in [2.75, 3.05) is 37.4 Å². The predicted octanol–water partition coefficient (Wildman–Crippen LogP) is 5.41. The van der Waals surface area contributed by atoms with Gasteiger partial charge in [-0.25, -0.2) is 13.8 Å². The van der Waals surface area contributed by atoms with Crippen LogP contribution in [0.15, 0.2) is 30.5 Å². The maximum absolute atomic E-state index is 14.7. The number of benzene rings is 1. The van der Waals surface area contributed by atoms with E-state index < -0.39 is 5.67 Å². The molecular weight excluding hydrogens is 434 g/mol. The summed E-state index contributed by atoms with van der Waals surface area (Å²) in [5.41, 5.74) is 0.493. The third kappa shape index (κ3) is 6.09. The second-order valence-electron chi connectivity index (χ2n) is 8.89. The van der Waals surface area contributed by atoms with Crippen LogP contribution in [0.3, 0.4) is 0 Å². The summed E-state index contributed by atoms with van der Waals surface area (Å²) >= 11 is 6.38. The van der Waals surface area contributed by atoms with E-state index >= 15 is 0 Å². The van der Waals surface area contributed by atoms with E-state index in [1.165, 1.54) is 6.07 Å². The average molecular weight is 465 g/mol. The van der Waals surface area contributed by atoms with Crippen molar-refractivity contribution in [2.24, 2.45) is 0 Å². The van der Waals surface area contributed by atoms with Gasteiger partial charge >= 0.3 is 0 Å². The van der Waals surface area contributed by atoms with Crippen LogP contribution in [0.5, 0.6) is 0 Å². The molecule has 4 rings (SSSR count). The second kappa shape index (κ2) is 10.3. The molecule has 1 aromatic heterocycles. The van der Waals surface area contributed by atoms with Gasteiger partial charge in [0, 0.05) is 55.3 Å². The Bertz CT molecular complexity index is 917. The minimum atomic E-state index is -1.13. The van der Waals surface area contributed by atoms with Crippen molar-refractivity contribution in [1.82, 2.24) is 10.3 Å². The van der Waals surface area contributed by atoms with E-state index in [2.05, 4.69) is 20.9 Å². The van der Waals surface area contributed by atoms with Crippen LogP contribution in [0.2, 0.25) is 5.02 Å². The van der Waals surface area contributed by atoms with E-state index in [0.717, 1.165) is 38.8 Å². The zero-order valence-corrected chi connectivity index (χ0v) is 19.2. The van der Waals surface area contributed by atoms with E-state index in [9.17, 15) is 8.78 Å². The molecule has 1 aromatic carbocycles. The van der Waals surface area contributed by atoms with Gasteiger partial charge in [0.05, 0.1) is 11.6 Å². The third-order valence-corrected chi connectivity index (χ3v) is 6.63. The number of nitrogens with one attached hydrogen (secondary N) is 3. The first-order valence-electron chi connectivity index (χ1n) is 11.3. The topological polar surface area (TPSA) is 58.2 Å². The smallest absolute Gasteiger partial charge is 0.131 e. The predicted molar refractivity (Wildman–Crippen MR) is 126 cm³/mol. The summed E-state index contributed by atoms with van der Waals surface area (Å²) in [5, 5.41) is 10.5. The van der Waals surface area contributed by atoms with Gasteiger partial charge in [0.2, 0.25) is 0 Å². The first-order chi connectivity index (χ1) is 15.5. The number of ether oxygens (including phenoxy) is 1. The van der Waals surface area contributed by atoms with Crippen LogP contribution in [0.1, 0.15) is 38.5 Å². The largest absolute Gasteiger partial charge is 0.383 e. The average Bonchev–Trinajstić information content (AvgIpc) is 3.53. The van der Waals surface area contributed by atoms with Crippen LogP contribution in [-0.2, 0) is 4.74 Å². The van der Waals surface area contributed by atoms with Crippen LogP contribution in [0.25, 0.3) is 11.1 Å². The van der Waals surface area contributed by atoms with Crippen LogP contribution in [-0.4, -0.2) is 49.5 Å². The fraction of sp³-hybridized carbons (Fsp3) is 0.542. The number of hydrogen-bond acceptors (Lipinski definition) is 5. The van der Waals surface area contributed by atoms with Crippen molar-refractivity contribution in [3.05, 3.63) is 41.3 Å². The zero-order chi connectivity index (χ0) is 22.6. The lowest BCUT2D eigenvalue weighted by molar-refractivity contribution is 0.191. The van der Waals surface area contributed by atoms with Gasteiger partial charge in [0.15, 0.2) is 0 Å². The van der Waals surface area contributed by atoms with Crippen molar-refractivity contribution >= 4 is 23.1 Å². The molecule has 32 heavy (non-hydrogen) atoms. The molecule has 2 aromatic rings. The highest BCUT2D eigenvalue weighted by molar-refractivity contribution is 6.33. The van der Waals surface area contributed by atoms with Gasteiger partial charge in [-0.3, -0.25) is 0 Å². The fourth-order valence-electron chi connectivity index (χ4n) is 4.15. The quantitative estimate of drug-likeness (QED) is 0.410. The Morgan fingerprint density at radius 3 is 2.59 bits per heavy atom. The number of anilines is 2. The number of halogens is 3. The SMILES string of the molecule is COCCNC1CCC(Nc2cc(-c3cc(NCC4(F)CC4)ccc3F)c(Cl)cn2)CC1. The molecule has 1 heterocycles. The molecule has 0 radical (unpaired) electrons. The summed E-state index contributed by atoms with van der Waals surface area (Å²) in [5.74, 6) is 0.303. The first-order valence-corrected chi connectivity index (χ1v) is 11.7. The minimum Gasteiger partial charge on any atom is -0.383 e. The molecule has 2 aliphatic carbocycles. The maximum Gasteiger partial charge on any atom is 0.131 e. The Labute approximate surface area is 193 Å². The minimum absolute atomic E-state index is 0.234. The molecule has 0 unspecified atom stereocenters. The van der Waals surface area contributed by atoms with Gasteiger partial charge in [0.1, 0.15) is 17.3 Å². The summed E-state index contributed by atoms with van der Waals surface area (Å²) in [6.07, 6.45) is 6.93. The van der Waals surface area contributed by atoms with Gasteiger partial charge in [-0.2, -0.15) is 0 Å². The number of methoxy groups -OCH3 is 1. The van der Waals surface area contributed by atoms with Crippen LogP contribution in [0.4, 0.5) is 20.3 Å². The monoisotopic (exact) mass is 464 g/mol. The highest BCUT2D eigenvalue weighted by atomic mass is 35.5. The summed E-state index contributed by atoms with van der Waals surface area (Å²) in [7, 11) is 1.71. The molecule has 0 atom stereocenters. The molecule has 2 aliphatic rings. The van der Waals surface area contributed by atoms with Crippen molar-refractivity contribution in [1.29, 1.82) is 0 Å². The number of rotatable bonds is 10. The maximum atomic E-state index is 14.7. The van der Waals surface area contributed by atoms with Crippen LogP contribution in [0, 0.1) is 5.82 Å². The van der Waals surface area contributed by atoms with Gasteiger partial charge in [-0.1, -0.05) is 11.6 Å². The Hall–Kier alpha value is -1.96. The summed E-state index contributed by atoms with van der Waals surface area (Å²) < 4.78 is 33.7. The Morgan fingerprint density at radius 1 is 1.12 bits per heavy atom. The van der Waals surface area contributed by atoms with E-state index in [0.29, 0.717) is 52.6 Å². The van der Waals surface area contributed by atoms with E-state index in [-0.39, 0.29) is 12.4 Å². The number of aromatic nitrogens is 1. The van der Waals surface area contributed by atoms with Crippen molar-refractivity contribution in [3.8, 4) is 11.1 Å². The fourth-order valence-corrected chi connectivity index (χ4v) is 4.36. The van der Waals surface area contributed by atoms with E-state index in [1.807, 2.05) is 0 Å². The van der Waals surface area contributed by atoms with Crippen LogP contribution >= 0.6 is 11.6 Å². The molecule has 2 fully saturated rings. The number of nitrogens with zero attached hydrogens (tertiary/aromatic N) is 1. The van der Waals surface area contributed by atoms with E-state index in [1.54, 1.807) is 31.5 Å². The van der Waals surface area contributed by atoms with Crippen molar-refractivity contribution < 1.29 is 13.5 Å². The molecular formula is C24H31ClF2N4O. The molecule has 0 aliphatic heterocycles. The molecule has 174 valence electrons. The van der Waals surface area contributed by atoms with Gasteiger partial charge in [0.25, 0.3) is 0 Å². The molecule has 8 heteroatoms. The lowest BCUT2D eigenvalue weighted by Gasteiger charge is -2.30. The number of pyridine rings is 1. The van der Waals surface area contributed by atoms with E-state index in [4.69, 9.17) is 16.3 Å². The zero-order valence-electron chi connectivity index (χ0n) is 18.4. The molecule has 0 amide bonds. The number of alkyl halides is 1. The Morgan fingerprint density at radius 2 is 1.88 bits per heavy atom. The lowest BCUT2D eigenvalue weighted by atomic mass is 9.91. The summed E-state index contributed by atoms with van der Waals surface area (Å²) in [4.78, 5) is 4.40. The van der Waals surface area contributed by atoms with Crippen molar-refractivity contribution in [2.45, 2.75) is 56.3 Å². The van der Waals surface area contributed by atoms with Crippen molar-refractivity contribution in [3.63, 3.8) is 0 Å². The van der Waals surface area contributed by atoms with Gasteiger partial charge < -0.3 is 20.7 Å². The Balaban J connectivity index is 1.41. The molecule has 5 nitrogen and oxygen atoms in total. The van der Waals surface area contributed by atoms with Gasteiger partial charge in [-0.15, -0.1) is 0 Å². The van der Waals surface area contributed by atoms with Gasteiger partial charge in [-0.05, 0) is 62.8 Å². The molecule has 0 bridgehead atoms. The normalized spacial score (nSPS) is 21.9. The second-order valence-corrected chi connectivity index (χ2v) is 9.30. The van der Waals surface area contributed by atoms with Crippen LogP contribution < -0.4 is 16.0 Å². The molecule has 2 saturated carbocycles. The Kier molecular flexibility index (Phi) is 7.48.